The van der Waals surface area contributed by atoms with Crippen molar-refractivity contribution in [3.05, 3.63) is 64.9 Å². The normalized spacial score (nSPS) is 29.5. The average Bonchev–Trinajstić information content (AvgIpc) is 3.21. The minimum Gasteiger partial charge on any atom is -0.477 e. The summed E-state index contributed by atoms with van der Waals surface area (Å²) >= 11 is 0. The molecule has 4 atom stereocenters. The summed E-state index contributed by atoms with van der Waals surface area (Å²) in [6.07, 6.45) is 9.68. The van der Waals surface area contributed by atoms with Gasteiger partial charge in [-0.3, -0.25) is 0 Å². The van der Waals surface area contributed by atoms with Gasteiger partial charge >= 0.3 is 5.97 Å². The lowest BCUT2D eigenvalue weighted by Crippen LogP contribution is -2.29. The van der Waals surface area contributed by atoms with Crippen LogP contribution in [0.1, 0.15) is 31.7 Å². The number of nitrogens with zero attached hydrogens (tertiary/aromatic N) is 2. The summed E-state index contributed by atoms with van der Waals surface area (Å²) in [5.41, 5.74) is 4.93. The Balaban J connectivity index is 1.74. The summed E-state index contributed by atoms with van der Waals surface area (Å²) in [7, 11) is 0. The first kappa shape index (κ1) is 17.6. The summed E-state index contributed by atoms with van der Waals surface area (Å²) in [4.78, 5) is 13.7. The number of anilines is 1. The number of rotatable bonds is 3. The van der Waals surface area contributed by atoms with E-state index in [9.17, 15) is 9.90 Å². The Morgan fingerprint density at radius 1 is 1.26 bits per heavy atom. The molecule has 1 aliphatic heterocycles. The minimum absolute atomic E-state index is 0.0475. The zero-order valence-corrected chi connectivity index (χ0v) is 15.7. The summed E-state index contributed by atoms with van der Waals surface area (Å²) in [6, 6.07) is 11.0. The van der Waals surface area contributed by atoms with Gasteiger partial charge in [-0.15, -0.1) is 0 Å². The lowest BCUT2D eigenvalue weighted by Gasteiger charge is -2.30. The Labute approximate surface area is 160 Å². The summed E-state index contributed by atoms with van der Waals surface area (Å²) in [5, 5.41) is 18.3. The molecular formula is C23H24N2O2. The number of nitriles is 1. The molecule has 4 unspecified atom stereocenters. The van der Waals surface area contributed by atoms with E-state index in [2.05, 4.69) is 55.2 Å². The Bertz CT molecular complexity index is 901. The molecule has 1 N–H and O–H groups in total. The number of aliphatic carboxylic acids is 1. The lowest BCUT2D eigenvalue weighted by atomic mass is 9.81. The van der Waals surface area contributed by atoms with Crippen molar-refractivity contribution in [1.82, 2.24) is 0 Å². The first-order valence-corrected chi connectivity index (χ1v) is 9.64. The molecule has 0 bridgehead atoms. The highest BCUT2D eigenvalue weighted by Crippen LogP contribution is 2.51. The molecule has 1 aromatic rings. The highest BCUT2D eigenvalue weighted by molar-refractivity contribution is 5.91. The molecule has 0 aromatic heterocycles. The third-order valence-electron chi connectivity index (χ3n) is 6.19. The van der Waals surface area contributed by atoms with Crippen molar-refractivity contribution in [3.63, 3.8) is 0 Å². The summed E-state index contributed by atoms with van der Waals surface area (Å²) < 4.78 is 0. The van der Waals surface area contributed by atoms with Crippen LogP contribution in [0, 0.1) is 36.0 Å². The predicted octanol–water partition coefficient (Wildman–Crippen LogP) is 4.59. The Hall–Kier alpha value is -2.80. The molecule has 4 nitrogen and oxygen atoms in total. The van der Waals surface area contributed by atoms with E-state index in [-0.39, 0.29) is 17.4 Å². The van der Waals surface area contributed by atoms with E-state index in [1.54, 1.807) is 6.08 Å². The molecule has 1 saturated heterocycles. The molecule has 4 rings (SSSR count). The van der Waals surface area contributed by atoms with Gasteiger partial charge in [0.15, 0.2) is 0 Å². The number of carbonyl (C=O) groups is 1. The minimum atomic E-state index is -1.15. The van der Waals surface area contributed by atoms with Crippen molar-refractivity contribution in [3.8, 4) is 6.07 Å². The lowest BCUT2D eigenvalue weighted by molar-refractivity contribution is -0.132. The van der Waals surface area contributed by atoms with E-state index in [1.807, 2.05) is 6.07 Å². The molecule has 27 heavy (non-hydrogen) atoms. The maximum Gasteiger partial charge on any atom is 0.346 e. The van der Waals surface area contributed by atoms with Gasteiger partial charge in [0.1, 0.15) is 11.6 Å². The van der Waals surface area contributed by atoms with Crippen LogP contribution < -0.4 is 4.90 Å². The van der Waals surface area contributed by atoms with Crippen molar-refractivity contribution in [1.29, 1.82) is 5.26 Å². The van der Waals surface area contributed by atoms with Crippen LogP contribution in [0.25, 0.3) is 0 Å². The Kier molecular flexibility index (Phi) is 4.39. The standard InChI is InChI=1S/C23H24N2O2/c1-14-6-8-18(9-7-14)25-21-5-3-4-19(21)20-12-16(15(2)10-22(20)25)11-17(13-24)23(26)27/h6-12,15-16,19,21H,3-5H2,1-2H3,(H,26,27)/b17-11-. The third kappa shape index (κ3) is 2.98. The van der Waals surface area contributed by atoms with Gasteiger partial charge in [0, 0.05) is 29.3 Å². The van der Waals surface area contributed by atoms with Crippen LogP contribution in [0.5, 0.6) is 0 Å². The maximum atomic E-state index is 11.3. The molecule has 1 aromatic carbocycles. The molecule has 4 heteroatoms. The summed E-state index contributed by atoms with van der Waals surface area (Å²) in [6.45, 7) is 4.20. The number of hydrogen-bond donors (Lipinski definition) is 1. The number of benzene rings is 1. The van der Waals surface area contributed by atoms with Crippen molar-refractivity contribution in [2.24, 2.45) is 17.8 Å². The second-order valence-electron chi connectivity index (χ2n) is 7.92. The van der Waals surface area contributed by atoms with E-state index < -0.39 is 5.97 Å². The molecule has 1 saturated carbocycles. The SMILES string of the molecule is Cc1ccc(N2C3=CC(C)C(/C=C(/C#N)C(=O)O)C=C3C3CCCC32)cc1. The molecule has 1 heterocycles. The number of carboxylic acid groups (broad SMARTS) is 1. The van der Waals surface area contributed by atoms with Crippen LogP contribution >= 0.6 is 0 Å². The van der Waals surface area contributed by atoms with E-state index in [1.165, 1.54) is 41.8 Å². The molecule has 0 radical (unpaired) electrons. The van der Waals surface area contributed by atoms with Crippen LogP contribution in [-0.4, -0.2) is 17.1 Å². The van der Waals surface area contributed by atoms with E-state index in [0.29, 0.717) is 12.0 Å². The van der Waals surface area contributed by atoms with Gasteiger partial charge in [-0.25, -0.2) is 4.79 Å². The molecule has 0 amide bonds. The Morgan fingerprint density at radius 2 is 2.00 bits per heavy atom. The maximum absolute atomic E-state index is 11.3. The van der Waals surface area contributed by atoms with Gasteiger partial charge in [-0.2, -0.15) is 5.26 Å². The molecule has 138 valence electrons. The highest BCUT2D eigenvalue weighted by atomic mass is 16.4. The molecule has 3 aliphatic rings. The number of carboxylic acids is 1. The van der Waals surface area contributed by atoms with Crippen molar-refractivity contribution >= 4 is 11.7 Å². The largest absolute Gasteiger partial charge is 0.477 e. The van der Waals surface area contributed by atoms with Gasteiger partial charge in [0.2, 0.25) is 0 Å². The van der Waals surface area contributed by atoms with Crippen LogP contribution in [-0.2, 0) is 4.79 Å². The first-order chi connectivity index (χ1) is 13.0. The molecular weight excluding hydrogens is 336 g/mol. The fraction of sp³-hybridized carbons (Fsp3) is 0.391. The Morgan fingerprint density at radius 3 is 2.67 bits per heavy atom. The number of hydrogen-bond acceptors (Lipinski definition) is 3. The van der Waals surface area contributed by atoms with Crippen LogP contribution in [0.15, 0.2) is 59.3 Å². The summed E-state index contributed by atoms with van der Waals surface area (Å²) in [5.74, 6) is -0.549. The molecule has 0 spiro atoms. The van der Waals surface area contributed by atoms with Gasteiger partial charge < -0.3 is 10.0 Å². The fourth-order valence-electron chi connectivity index (χ4n) is 4.81. The monoisotopic (exact) mass is 360 g/mol. The second-order valence-corrected chi connectivity index (χ2v) is 7.92. The molecule has 2 fully saturated rings. The number of fused-ring (bicyclic) bond motifs is 3. The first-order valence-electron chi connectivity index (χ1n) is 9.64. The van der Waals surface area contributed by atoms with E-state index in [0.717, 1.165) is 0 Å². The van der Waals surface area contributed by atoms with Crippen molar-refractivity contribution < 1.29 is 9.90 Å². The average molecular weight is 360 g/mol. The highest BCUT2D eigenvalue weighted by Gasteiger charge is 2.46. The van der Waals surface area contributed by atoms with Crippen molar-refractivity contribution in [2.45, 2.75) is 39.2 Å². The smallest absolute Gasteiger partial charge is 0.346 e. The van der Waals surface area contributed by atoms with Gasteiger partial charge in [0.05, 0.1) is 0 Å². The predicted molar refractivity (Wildman–Crippen MR) is 105 cm³/mol. The zero-order valence-electron chi connectivity index (χ0n) is 15.7. The van der Waals surface area contributed by atoms with Crippen LogP contribution in [0.4, 0.5) is 5.69 Å². The van der Waals surface area contributed by atoms with E-state index >= 15 is 0 Å². The third-order valence-corrected chi connectivity index (χ3v) is 6.19. The number of allylic oxidation sites excluding steroid dienone is 4. The quantitative estimate of drug-likeness (QED) is 0.632. The van der Waals surface area contributed by atoms with Crippen LogP contribution in [0.3, 0.4) is 0 Å². The second kappa shape index (κ2) is 6.74. The van der Waals surface area contributed by atoms with E-state index in [4.69, 9.17) is 5.26 Å². The zero-order chi connectivity index (χ0) is 19.1. The van der Waals surface area contributed by atoms with Crippen LogP contribution in [0.2, 0.25) is 0 Å². The topological polar surface area (TPSA) is 64.3 Å². The molecule has 2 aliphatic carbocycles. The van der Waals surface area contributed by atoms with Crippen molar-refractivity contribution in [2.75, 3.05) is 4.90 Å². The fourth-order valence-corrected chi connectivity index (χ4v) is 4.81. The van der Waals surface area contributed by atoms with Gasteiger partial charge in [0.25, 0.3) is 0 Å². The van der Waals surface area contributed by atoms with Gasteiger partial charge in [-0.05, 0) is 43.4 Å². The number of aryl methyl sites for hydroxylation is 1. The van der Waals surface area contributed by atoms with Gasteiger partial charge in [-0.1, -0.05) is 49.3 Å².